The number of methoxy groups -OCH3 is 2. The van der Waals surface area contributed by atoms with E-state index in [4.69, 9.17) is 9.47 Å². The van der Waals surface area contributed by atoms with Gasteiger partial charge < -0.3 is 9.47 Å². The molecule has 0 heterocycles. The summed E-state index contributed by atoms with van der Waals surface area (Å²) in [6, 6.07) is 9.35. The molecular weight excluding hydrogens is 449 g/mol. The third-order valence-corrected chi connectivity index (χ3v) is 23.4. The molecule has 2 aromatic rings. The molecule has 192 valence electrons. The van der Waals surface area contributed by atoms with Crippen molar-refractivity contribution in [2.45, 2.75) is 116 Å². The van der Waals surface area contributed by atoms with Gasteiger partial charge in [-0.1, -0.05) is 89.2 Å². The first-order valence-corrected chi connectivity index (χ1v) is 17.9. The van der Waals surface area contributed by atoms with Crippen LogP contribution in [0.3, 0.4) is 0 Å². The maximum atomic E-state index is 6.37. The van der Waals surface area contributed by atoms with E-state index in [2.05, 4.69) is 107 Å². The highest BCUT2D eigenvalue weighted by molar-refractivity contribution is 6.99. The lowest BCUT2D eigenvalue weighted by Gasteiger charge is -2.47. The number of hydrogen-bond acceptors (Lipinski definition) is 2. The number of rotatable bonds is 10. The summed E-state index contributed by atoms with van der Waals surface area (Å²) in [4.78, 5) is 0. The molecular formula is C30H52O2Si2. The summed E-state index contributed by atoms with van der Waals surface area (Å²) in [5, 5.41) is 5.91. The Morgan fingerprint density at radius 2 is 0.971 bits per heavy atom. The Balaban J connectivity index is 3.28. The van der Waals surface area contributed by atoms with Gasteiger partial charge in [0, 0.05) is 0 Å². The first-order chi connectivity index (χ1) is 15.8. The summed E-state index contributed by atoms with van der Waals surface area (Å²) in [6.07, 6.45) is 0. The van der Waals surface area contributed by atoms with E-state index in [0.717, 1.165) is 11.5 Å². The zero-order valence-corrected chi connectivity index (χ0v) is 26.6. The molecule has 0 saturated heterocycles. The van der Waals surface area contributed by atoms with Gasteiger partial charge >= 0.3 is 0 Å². The van der Waals surface area contributed by atoms with Crippen LogP contribution >= 0.6 is 0 Å². The number of ether oxygens (including phenoxy) is 2. The number of benzene rings is 2. The molecule has 4 heteroatoms. The van der Waals surface area contributed by atoms with Crippen molar-refractivity contribution in [3.05, 3.63) is 24.3 Å². The van der Waals surface area contributed by atoms with Crippen LogP contribution in [0.4, 0.5) is 0 Å². The molecule has 0 aliphatic carbocycles. The van der Waals surface area contributed by atoms with Gasteiger partial charge in [0.25, 0.3) is 0 Å². The molecule has 2 aromatic carbocycles. The highest BCUT2D eigenvalue weighted by Gasteiger charge is 2.50. The maximum absolute atomic E-state index is 6.37. The monoisotopic (exact) mass is 500 g/mol. The van der Waals surface area contributed by atoms with Crippen molar-refractivity contribution >= 4 is 37.3 Å². The maximum Gasteiger partial charge on any atom is 0.119 e. The highest BCUT2D eigenvalue weighted by atomic mass is 28.3. The molecule has 0 radical (unpaired) electrons. The largest absolute Gasteiger partial charge is 0.497 e. The van der Waals surface area contributed by atoms with Crippen molar-refractivity contribution in [1.29, 1.82) is 0 Å². The van der Waals surface area contributed by atoms with Gasteiger partial charge in [0.2, 0.25) is 0 Å². The summed E-state index contributed by atoms with van der Waals surface area (Å²) >= 11 is 0. The first kappa shape index (κ1) is 29.0. The predicted molar refractivity (Wildman–Crippen MR) is 158 cm³/mol. The fourth-order valence-electron chi connectivity index (χ4n) is 8.27. The van der Waals surface area contributed by atoms with Crippen LogP contribution in [-0.4, -0.2) is 30.4 Å². The van der Waals surface area contributed by atoms with E-state index in [1.54, 1.807) is 12.3 Å². The topological polar surface area (TPSA) is 18.5 Å². The second-order valence-corrected chi connectivity index (χ2v) is 23.9. The molecule has 2 rings (SSSR count). The number of fused-ring (bicyclic) bond motifs is 1. The normalized spacial score (nSPS) is 13.4. The van der Waals surface area contributed by atoms with Crippen molar-refractivity contribution in [2.75, 3.05) is 14.2 Å². The van der Waals surface area contributed by atoms with Crippen LogP contribution in [-0.2, 0) is 0 Å². The molecule has 0 aliphatic rings. The van der Waals surface area contributed by atoms with E-state index in [9.17, 15) is 0 Å². The van der Waals surface area contributed by atoms with Crippen molar-refractivity contribution in [1.82, 2.24) is 0 Å². The van der Waals surface area contributed by atoms with Crippen LogP contribution in [0.1, 0.15) is 83.1 Å². The third kappa shape index (κ3) is 4.27. The zero-order chi connectivity index (χ0) is 26.2. The zero-order valence-electron chi connectivity index (χ0n) is 24.6. The lowest BCUT2D eigenvalue weighted by atomic mass is 10.1. The van der Waals surface area contributed by atoms with E-state index in [0.29, 0.717) is 33.2 Å². The van der Waals surface area contributed by atoms with Crippen LogP contribution in [0.15, 0.2) is 24.3 Å². The van der Waals surface area contributed by atoms with Gasteiger partial charge in [0.05, 0.1) is 30.4 Å². The SMILES string of the molecule is COc1ccc2c([Si](C(C)C)(C(C)C)C(C)C)c(OC)cc([Si](C(C)C)(C(C)C)C(C)C)c2c1. The molecule has 0 bridgehead atoms. The predicted octanol–water partition coefficient (Wildman–Crippen LogP) is 8.63. The second-order valence-electron chi connectivity index (χ2n) is 12.2. The Bertz CT molecular complexity index is 930. The average molecular weight is 501 g/mol. The Hall–Kier alpha value is -1.27. The standard InChI is InChI=1S/C30H52O2Si2/c1-19(2)33(20(3)4,21(5)6)29-18-28(32-14)30(26-16-15-25(31-13)17-27(26)29)34(22(7)8,23(9)10)24(11)12/h15-24H,1-14H3. The van der Waals surface area contributed by atoms with Crippen molar-refractivity contribution in [2.24, 2.45) is 0 Å². The minimum absolute atomic E-state index is 0.611. The minimum Gasteiger partial charge on any atom is -0.497 e. The first-order valence-electron chi connectivity index (χ1n) is 13.5. The van der Waals surface area contributed by atoms with Crippen molar-refractivity contribution in [3.8, 4) is 11.5 Å². The van der Waals surface area contributed by atoms with Crippen LogP contribution < -0.4 is 19.8 Å². The lowest BCUT2D eigenvalue weighted by molar-refractivity contribution is 0.415. The highest BCUT2D eigenvalue weighted by Crippen LogP contribution is 2.47. The fraction of sp³-hybridized carbons (Fsp3) is 0.667. The molecule has 0 N–H and O–H groups in total. The Morgan fingerprint density at radius 3 is 1.32 bits per heavy atom. The van der Waals surface area contributed by atoms with E-state index in [-0.39, 0.29) is 0 Å². The van der Waals surface area contributed by atoms with Crippen LogP contribution in [0.5, 0.6) is 11.5 Å². The molecule has 0 fully saturated rings. The van der Waals surface area contributed by atoms with E-state index >= 15 is 0 Å². The minimum atomic E-state index is -1.98. The van der Waals surface area contributed by atoms with Crippen LogP contribution in [0.2, 0.25) is 33.2 Å². The molecule has 0 saturated carbocycles. The molecule has 0 aromatic heterocycles. The van der Waals surface area contributed by atoms with E-state index in [1.807, 2.05) is 7.11 Å². The van der Waals surface area contributed by atoms with Gasteiger partial charge in [-0.25, -0.2) is 0 Å². The third-order valence-electron chi connectivity index (χ3n) is 9.16. The van der Waals surface area contributed by atoms with Gasteiger partial charge in [0.15, 0.2) is 0 Å². The van der Waals surface area contributed by atoms with Gasteiger partial charge in [-0.3, -0.25) is 0 Å². The van der Waals surface area contributed by atoms with Gasteiger partial charge in [-0.15, -0.1) is 0 Å². The molecule has 0 unspecified atom stereocenters. The smallest absolute Gasteiger partial charge is 0.119 e. The Morgan fingerprint density at radius 1 is 0.529 bits per heavy atom. The van der Waals surface area contributed by atoms with Crippen LogP contribution in [0.25, 0.3) is 10.8 Å². The van der Waals surface area contributed by atoms with Gasteiger partial charge in [-0.2, -0.15) is 0 Å². The average Bonchev–Trinajstić information content (AvgIpc) is 2.73. The second kappa shape index (κ2) is 10.8. The van der Waals surface area contributed by atoms with Crippen LogP contribution in [0, 0.1) is 0 Å². The molecule has 2 nitrogen and oxygen atoms in total. The molecule has 0 atom stereocenters. The summed E-state index contributed by atoms with van der Waals surface area (Å²) in [5.41, 5.74) is 3.71. The van der Waals surface area contributed by atoms with Crippen molar-refractivity contribution < 1.29 is 9.47 Å². The number of hydrogen-bond donors (Lipinski definition) is 0. The molecule has 0 spiro atoms. The fourth-order valence-corrected chi connectivity index (χ4v) is 22.2. The van der Waals surface area contributed by atoms with Gasteiger partial charge in [0.1, 0.15) is 11.5 Å². The molecule has 0 aliphatic heterocycles. The molecule has 34 heavy (non-hydrogen) atoms. The van der Waals surface area contributed by atoms with E-state index < -0.39 is 16.1 Å². The Kier molecular flexibility index (Phi) is 9.18. The quantitative estimate of drug-likeness (QED) is 0.304. The molecule has 0 amide bonds. The summed E-state index contributed by atoms with van der Waals surface area (Å²) in [5.74, 6) is 2.09. The summed E-state index contributed by atoms with van der Waals surface area (Å²) in [6.45, 7) is 29.4. The Labute approximate surface area is 212 Å². The summed E-state index contributed by atoms with van der Waals surface area (Å²) < 4.78 is 12.2. The van der Waals surface area contributed by atoms with Crippen molar-refractivity contribution in [3.63, 3.8) is 0 Å². The lowest BCUT2D eigenvalue weighted by Crippen LogP contribution is -2.59. The van der Waals surface area contributed by atoms with E-state index in [1.165, 1.54) is 16.0 Å². The summed E-state index contributed by atoms with van der Waals surface area (Å²) in [7, 11) is -0.230. The van der Waals surface area contributed by atoms with Gasteiger partial charge in [-0.05, 0) is 72.6 Å².